The van der Waals surface area contributed by atoms with Crippen molar-refractivity contribution in [2.45, 2.75) is 38.7 Å². The third-order valence-electron chi connectivity index (χ3n) is 5.06. The van der Waals surface area contributed by atoms with Crippen LogP contribution in [-0.2, 0) is 0 Å². The van der Waals surface area contributed by atoms with Gasteiger partial charge in [-0.1, -0.05) is 6.42 Å². The van der Waals surface area contributed by atoms with Crippen molar-refractivity contribution in [2.75, 3.05) is 18.5 Å². The zero-order chi connectivity index (χ0) is 15.1. The number of hydrogen-bond donors (Lipinski definition) is 1. The highest BCUT2D eigenvalue weighted by Crippen LogP contribution is 2.49. The number of thiophene rings is 1. The topological polar surface area (TPSA) is 66.6 Å². The van der Waals surface area contributed by atoms with Crippen molar-refractivity contribution in [2.24, 2.45) is 17.8 Å². The lowest BCUT2D eigenvalue weighted by atomic mass is 9.88. The molecule has 0 amide bonds. The summed E-state index contributed by atoms with van der Waals surface area (Å²) in [6.07, 6.45) is 4.67. The third-order valence-corrected chi connectivity index (χ3v) is 6.47. The van der Waals surface area contributed by atoms with Gasteiger partial charge in [-0.2, -0.15) is 0 Å². The standard InChI is InChI=1S/C15H22N2O3S/c1-9(18)14-7-13(17(19)20)15(21-14)16(2)8-12-6-10-3-4-11(12)5-10/h7,9-12,18H,3-6,8H2,1-2H3/t9-,10?,11?,12?/m0/s1. The van der Waals surface area contributed by atoms with Crippen molar-refractivity contribution in [1.82, 2.24) is 0 Å². The zero-order valence-corrected chi connectivity index (χ0v) is 13.3. The van der Waals surface area contributed by atoms with Gasteiger partial charge in [0, 0.05) is 24.5 Å². The minimum atomic E-state index is -0.654. The maximum atomic E-state index is 11.2. The van der Waals surface area contributed by atoms with E-state index in [1.165, 1.54) is 43.1 Å². The molecule has 2 bridgehead atoms. The fourth-order valence-electron chi connectivity index (χ4n) is 4.03. The normalized spacial score (nSPS) is 28.8. The summed E-state index contributed by atoms with van der Waals surface area (Å²) in [5.41, 5.74) is 0.126. The molecular weight excluding hydrogens is 288 g/mol. The average molecular weight is 310 g/mol. The van der Waals surface area contributed by atoms with Gasteiger partial charge in [-0.05, 0) is 43.9 Å². The van der Waals surface area contributed by atoms with Gasteiger partial charge in [0.25, 0.3) is 0 Å². The zero-order valence-electron chi connectivity index (χ0n) is 12.5. The minimum Gasteiger partial charge on any atom is -0.388 e. The molecule has 1 N–H and O–H groups in total. The van der Waals surface area contributed by atoms with E-state index in [0.29, 0.717) is 15.8 Å². The molecular formula is C15H22N2O3S. The summed E-state index contributed by atoms with van der Waals surface area (Å²) < 4.78 is 0. The van der Waals surface area contributed by atoms with E-state index in [0.717, 1.165) is 18.4 Å². The summed E-state index contributed by atoms with van der Waals surface area (Å²) in [6, 6.07) is 1.52. The molecule has 1 aromatic rings. The molecule has 6 heteroatoms. The Morgan fingerprint density at radius 1 is 1.52 bits per heavy atom. The van der Waals surface area contributed by atoms with E-state index in [-0.39, 0.29) is 10.6 Å². The highest BCUT2D eigenvalue weighted by atomic mass is 32.1. The number of fused-ring (bicyclic) bond motifs is 2. The maximum absolute atomic E-state index is 11.2. The van der Waals surface area contributed by atoms with Gasteiger partial charge in [-0.25, -0.2) is 0 Å². The average Bonchev–Trinajstić information content (AvgIpc) is 3.12. The maximum Gasteiger partial charge on any atom is 0.304 e. The van der Waals surface area contributed by atoms with Crippen molar-refractivity contribution in [1.29, 1.82) is 0 Å². The van der Waals surface area contributed by atoms with Crippen molar-refractivity contribution in [3.63, 3.8) is 0 Å². The SMILES string of the molecule is C[C@H](O)c1cc([N+](=O)[O-])c(N(C)CC2CC3CCC2C3)s1. The van der Waals surface area contributed by atoms with Crippen LogP contribution in [0.2, 0.25) is 0 Å². The van der Waals surface area contributed by atoms with Crippen LogP contribution in [0, 0.1) is 27.9 Å². The van der Waals surface area contributed by atoms with Gasteiger partial charge in [0.05, 0.1) is 11.0 Å². The monoisotopic (exact) mass is 310 g/mol. The van der Waals surface area contributed by atoms with Crippen molar-refractivity contribution in [3.05, 3.63) is 21.1 Å². The Bertz CT molecular complexity index is 543. The summed E-state index contributed by atoms with van der Waals surface area (Å²) in [5.74, 6) is 2.37. The summed E-state index contributed by atoms with van der Waals surface area (Å²) in [7, 11) is 1.94. The van der Waals surface area contributed by atoms with Gasteiger partial charge >= 0.3 is 5.69 Å². The van der Waals surface area contributed by atoms with Crippen LogP contribution >= 0.6 is 11.3 Å². The van der Waals surface area contributed by atoms with E-state index in [9.17, 15) is 15.2 Å². The Balaban J connectivity index is 1.77. The van der Waals surface area contributed by atoms with E-state index < -0.39 is 6.10 Å². The van der Waals surface area contributed by atoms with E-state index in [4.69, 9.17) is 0 Å². The molecule has 0 radical (unpaired) electrons. The van der Waals surface area contributed by atoms with Crippen LogP contribution in [0.5, 0.6) is 0 Å². The Morgan fingerprint density at radius 3 is 2.81 bits per heavy atom. The van der Waals surface area contributed by atoms with Crippen LogP contribution in [0.25, 0.3) is 0 Å². The van der Waals surface area contributed by atoms with Crippen LogP contribution in [0.3, 0.4) is 0 Å². The van der Waals surface area contributed by atoms with Crippen molar-refractivity contribution in [3.8, 4) is 0 Å². The number of hydrogen-bond acceptors (Lipinski definition) is 5. The van der Waals surface area contributed by atoms with Gasteiger partial charge in [0.15, 0.2) is 5.00 Å². The number of aliphatic hydroxyl groups is 1. The van der Waals surface area contributed by atoms with E-state index in [2.05, 4.69) is 0 Å². The largest absolute Gasteiger partial charge is 0.388 e. The molecule has 21 heavy (non-hydrogen) atoms. The second-order valence-corrected chi connectivity index (χ2v) is 7.65. The first kappa shape index (κ1) is 14.8. The third kappa shape index (κ3) is 2.79. The Kier molecular flexibility index (Phi) is 3.92. The molecule has 0 spiro atoms. The quantitative estimate of drug-likeness (QED) is 0.667. The highest BCUT2D eigenvalue weighted by molar-refractivity contribution is 7.16. The molecule has 1 aromatic heterocycles. The lowest BCUT2D eigenvalue weighted by Gasteiger charge is -2.27. The number of rotatable bonds is 5. The molecule has 0 saturated heterocycles. The highest BCUT2D eigenvalue weighted by Gasteiger charge is 2.40. The first-order valence-corrected chi connectivity index (χ1v) is 8.44. The summed E-state index contributed by atoms with van der Waals surface area (Å²) in [6.45, 7) is 2.54. The fraction of sp³-hybridized carbons (Fsp3) is 0.733. The first-order chi connectivity index (χ1) is 9.95. The molecule has 1 heterocycles. The Hall–Kier alpha value is -1.14. The minimum absolute atomic E-state index is 0.126. The van der Waals surface area contributed by atoms with Crippen molar-refractivity contribution < 1.29 is 10.0 Å². The first-order valence-electron chi connectivity index (χ1n) is 7.63. The summed E-state index contributed by atoms with van der Waals surface area (Å²) in [5, 5.41) is 21.6. The number of nitrogens with zero attached hydrogens (tertiary/aromatic N) is 2. The van der Waals surface area contributed by atoms with Crippen LogP contribution in [-0.4, -0.2) is 23.6 Å². The van der Waals surface area contributed by atoms with E-state index in [1.54, 1.807) is 6.92 Å². The second-order valence-electron chi connectivity index (χ2n) is 6.59. The van der Waals surface area contributed by atoms with Gasteiger partial charge in [-0.3, -0.25) is 10.1 Å². The van der Waals surface area contributed by atoms with E-state index in [1.807, 2.05) is 11.9 Å². The summed E-state index contributed by atoms with van der Waals surface area (Å²) in [4.78, 5) is 13.6. The van der Waals surface area contributed by atoms with Gasteiger partial charge in [-0.15, -0.1) is 11.3 Å². The lowest BCUT2D eigenvalue weighted by molar-refractivity contribution is -0.383. The van der Waals surface area contributed by atoms with E-state index >= 15 is 0 Å². The molecule has 0 aromatic carbocycles. The summed E-state index contributed by atoms with van der Waals surface area (Å²) >= 11 is 1.34. The Morgan fingerprint density at radius 2 is 2.29 bits per heavy atom. The van der Waals surface area contributed by atoms with Gasteiger partial charge in [0.1, 0.15) is 0 Å². The van der Waals surface area contributed by atoms with Gasteiger partial charge in [0.2, 0.25) is 0 Å². The van der Waals surface area contributed by atoms with Crippen LogP contribution in [0.1, 0.15) is 43.6 Å². The molecule has 5 nitrogen and oxygen atoms in total. The smallest absolute Gasteiger partial charge is 0.304 e. The van der Waals surface area contributed by atoms with Crippen LogP contribution in [0.15, 0.2) is 6.07 Å². The molecule has 3 rings (SSSR count). The molecule has 2 fully saturated rings. The predicted molar refractivity (Wildman–Crippen MR) is 83.8 cm³/mol. The molecule has 2 aliphatic carbocycles. The van der Waals surface area contributed by atoms with Gasteiger partial charge < -0.3 is 10.0 Å². The Labute approximate surface area is 128 Å². The lowest BCUT2D eigenvalue weighted by Crippen LogP contribution is -2.28. The molecule has 4 atom stereocenters. The molecule has 2 saturated carbocycles. The van der Waals surface area contributed by atoms with Crippen LogP contribution < -0.4 is 4.90 Å². The van der Waals surface area contributed by atoms with Crippen LogP contribution in [0.4, 0.5) is 10.7 Å². The molecule has 3 unspecified atom stereocenters. The fourth-order valence-corrected chi connectivity index (χ4v) is 5.07. The molecule has 116 valence electrons. The second kappa shape index (κ2) is 5.57. The van der Waals surface area contributed by atoms with Crippen molar-refractivity contribution >= 4 is 22.0 Å². The molecule has 2 aliphatic rings. The predicted octanol–water partition coefficient (Wildman–Crippen LogP) is 3.58. The number of nitro groups is 1. The number of anilines is 1. The molecule has 0 aliphatic heterocycles. The number of aliphatic hydroxyl groups excluding tert-OH is 1.